The smallest absolute Gasteiger partial charge is 0.269 e. The zero-order valence-electron chi connectivity index (χ0n) is 7.10. The molecule has 0 heterocycles. The highest BCUT2D eigenvalue weighted by Crippen LogP contribution is 2.06. The van der Waals surface area contributed by atoms with Gasteiger partial charge >= 0.3 is 0 Å². The molecule has 0 bridgehead atoms. The van der Waals surface area contributed by atoms with Crippen LogP contribution in [0.2, 0.25) is 0 Å². The van der Waals surface area contributed by atoms with E-state index in [1.165, 1.54) is 12.1 Å². The van der Waals surface area contributed by atoms with Gasteiger partial charge in [-0.2, -0.15) is 0 Å². The summed E-state index contributed by atoms with van der Waals surface area (Å²) >= 11 is 0. The molecule has 0 aliphatic heterocycles. The van der Waals surface area contributed by atoms with Crippen LogP contribution in [0, 0.1) is 10.1 Å². The van der Waals surface area contributed by atoms with E-state index < -0.39 is 4.92 Å². The van der Waals surface area contributed by atoms with Crippen molar-refractivity contribution in [3.8, 4) is 0 Å². The largest absolute Gasteiger partial charge is 0.269 e. The van der Waals surface area contributed by atoms with Crippen LogP contribution in [0.1, 0.15) is 0 Å². The molecule has 94 valence electrons. The number of benzene rings is 1. The van der Waals surface area contributed by atoms with Crippen molar-refractivity contribution in [3.05, 3.63) is 40.4 Å². The normalized spacial score (nSPS) is 5.33. The van der Waals surface area contributed by atoms with Crippen molar-refractivity contribution in [1.29, 1.82) is 0 Å². The molecule has 0 aromatic heterocycles. The lowest BCUT2D eigenvalue weighted by Crippen LogP contribution is -1.84. The van der Waals surface area contributed by atoms with Gasteiger partial charge in [0, 0.05) is 12.1 Å². The molecular weight excluding hydrogens is 232 g/mol. The molecule has 3 nitrogen and oxygen atoms in total. The van der Waals surface area contributed by atoms with Crippen molar-refractivity contribution >= 4 is 5.69 Å². The number of nitrogens with zero attached hydrogens (tertiary/aromatic N) is 1. The fourth-order valence-electron chi connectivity index (χ4n) is 0.550. The van der Waals surface area contributed by atoms with E-state index in [9.17, 15) is 10.1 Å². The van der Waals surface area contributed by atoms with E-state index in [1.807, 2.05) is 0 Å². The molecule has 0 aliphatic carbocycles. The van der Waals surface area contributed by atoms with Gasteiger partial charge in [-0.1, -0.05) is 18.2 Å². The molecule has 0 unspecified atom stereocenters. The minimum Gasteiger partial charge on any atom is -0.269 e. The molecule has 0 N–H and O–H groups in total. The SMILES string of the molecule is F.F.F.F.F.F.O=[N+]([O-])c1ccccc1. The van der Waals surface area contributed by atoms with E-state index in [4.69, 9.17) is 0 Å². The molecule has 9 heteroatoms. The van der Waals surface area contributed by atoms with Crippen LogP contribution in [0.3, 0.4) is 0 Å². The number of para-hydroxylation sites is 1. The molecule has 1 rings (SSSR count). The first-order valence-electron chi connectivity index (χ1n) is 2.50. The van der Waals surface area contributed by atoms with Crippen LogP contribution in [0.4, 0.5) is 33.9 Å². The number of non-ortho nitro benzene ring substituents is 1. The summed E-state index contributed by atoms with van der Waals surface area (Å²) in [6.45, 7) is 0. The fourth-order valence-corrected chi connectivity index (χ4v) is 0.550. The van der Waals surface area contributed by atoms with Crippen molar-refractivity contribution in [2.24, 2.45) is 0 Å². The molecule has 0 spiro atoms. The predicted molar refractivity (Wildman–Crippen MR) is 48.1 cm³/mol. The third-order valence-electron chi connectivity index (χ3n) is 0.967. The summed E-state index contributed by atoms with van der Waals surface area (Å²) in [5.41, 5.74) is 0.137. The highest BCUT2D eigenvalue weighted by atomic mass is 19.0. The number of rotatable bonds is 1. The van der Waals surface area contributed by atoms with Gasteiger partial charge in [0.05, 0.1) is 4.92 Å². The van der Waals surface area contributed by atoms with E-state index >= 15 is 0 Å². The molecule has 0 saturated heterocycles. The van der Waals surface area contributed by atoms with Gasteiger partial charge in [-0.3, -0.25) is 38.3 Å². The van der Waals surface area contributed by atoms with Crippen LogP contribution >= 0.6 is 0 Å². The first-order valence-corrected chi connectivity index (χ1v) is 2.50. The van der Waals surface area contributed by atoms with Gasteiger partial charge in [0.1, 0.15) is 0 Å². The Morgan fingerprint density at radius 1 is 0.800 bits per heavy atom. The lowest BCUT2D eigenvalue weighted by atomic mass is 10.3. The quantitative estimate of drug-likeness (QED) is 0.432. The lowest BCUT2D eigenvalue weighted by Gasteiger charge is -1.85. The number of nitro groups is 1. The second-order valence-electron chi connectivity index (χ2n) is 1.59. The molecule has 1 aromatic rings. The molecule has 15 heavy (non-hydrogen) atoms. The van der Waals surface area contributed by atoms with Crippen molar-refractivity contribution < 1.29 is 33.1 Å². The molecule has 0 saturated carbocycles. The number of hydrogen-bond acceptors (Lipinski definition) is 2. The summed E-state index contributed by atoms with van der Waals surface area (Å²) in [6, 6.07) is 7.93. The summed E-state index contributed by atoms with van der Waals surface area (Å²) in [4.78, 5) is 9.59. The van der Waals surface area contributed by atoms with Gasteiger partial charge < -0.3 is 0 Å². The molecule has 0 aliphatic rings. The summed E-state index contributed by atoms with van der Waals surface area (Å²) in [5, 5.41) is 10.0. The average Bonchev–Trinajstić information content (AvgIpc) is 1.90. The summed E-state index contributed by atoms with van der Waals surface area (Å²) in [7, 11) is 0. The van der Waals surface area contributed by atoms with Crippen LogP contribution in [-0.2, 0) is 0 Å². The Balaban J connectivity index is -0.0000000337. The number of hydrogen-bond donors (Lipinski definition) is 0. The van der Waals surface area contributed by atoms with Crippen molar-refractivity contribution in [2.45, 2.75) is 0 Å². The van der Waals surface area contributed by atoms with E-state index in [0.717, 1.165) is 0 Å². The van der Waals surface area contributed by atoms with Gasteiger partial charge in [0.15, 0.2) is 0 Å². The zero-order chi connectivity index (χ0) is 6.69. The standard InChI is InChI=1S/C6H5NO2.6FH/c8-7(9)6-4-2-1-3-5-6;;;;;;/h1-5H;6*1H. The maximum Gasteiger partial charge on any atom is 0.269 e. The van der Waals surface area contributed by atoms with Gasteiger partial charge in [0.25, 0.3) is 5.69 Å². The van der Waals surface area contributed by atoms with Gasteiger partial charge in [0.2, 0.25) is 0 Å². The second-order valence-corrected chi connectivity index (χ2v) is 1.59. The fraction of sp³-hybridized carbons (Fsp3) is 0. The molecule has 0 amide bonds. The Labute approximate surface area is 80.5 Å². The van der Waals surface area contributed by atoms with Gasteiger partial charge in [-0.05, 0) is 0 Å². The molecule has 1 aromatic carbocycles. The van der Waals surface area contributed by atoms with E-state index in [0.29, 0.717) is 0 Å². The number of halogens is 6. The lowest BCUT2D eigenvalue weighted by molar-refractivity contribution is -0.384. The highest BCUT2D eigenvalue weighted by Gasteiger charge is 1.98. The predicted octanol–water partition coefficient (Wildman–Crippen LogP) is 2.51. The Morgan fingerprint density at radius 3 is 1.33 bits per heavy atom. The Hall–Kier alpha value is -1.80. The zero-order valence-corrected chi connectivity index (χ0v) is 7.10. The third-order valence-corrected chi connectivity index (χ3v) is 0.967. The Morgan fingerprint density at radius 2 is 1.13 bits per heavy atom. The topological polar surface area (TPSA) is 43.1 Å². The van der Waals surface area contributed by atoms with E-state index in [2.05, 4.69) is 0 Å². The van der Waals surface area contributed by atoms with Crippen molar-refractivity contribution in [1.82, 2.24) is 0 Å². The molecule has 0 atom stereocenters. The highest BCUT2D eigenvalue weighted by molar-refractivity contribution is 5.27. The average molecular weight is 243 g/mol. The third kappa shape index (κ3) is 12.2. The van der Waals surface area contributed by atoms with Crippen LogP contribution in [0.15, 0.2) is 30.3 Å². The van der Waals surface area contributed by atoms with E-state index in [-0.39, 0.29) is 33.9 Å². The Bertz CT molecular complexity index is 222. The minimum atomic E-state index is -0.417. The minimum absolute atomic E-state index is 0. The maximum absolute atomic E-state index is 10.0. The van der Waals surface area contributed by atoms with Crippen LogP contribution in [0.25, 0.3) is 0 Å². The van der Waals surface area contributed by atoms with Crippen molar-refractivity contribution in [3.63, 3.8) is 0 Å². The van der Waals surface area contributed by atoms with Gasteiger partial charge in [-0.15, -0.1) is 0 Å². The maximum atomic E-state index is 10.0. The summed E-state index contributed by atoms with van der Waals surface area (Å²) in [5.74, 6) is 0. The van der Waals surface area contributed by atoms with Crippen LogP contribution < -0.4 is 0 Å². The van der Waals surface area contributed by atoms with Crippen LogP contribution in [0.5, 0.6) is 0 Å². The van der Waals surface area contributed by atoms with Gasteiger partial charge in [-0.25, -0.2) is 0 Å². The van der Waals surface area contributed by atoms with Crippen LogP contribution in [-0.4, -0.2) is 4.92 Å². The summed E-state index contributed by atoms with van der Waals surface area (Å²) in [6.07, 6.45) is 0. The molecule has 0 fully saturated rings. The monoisotopic (exact) mass is 243 g/mol. The second kappa shape index (κ2) is 18.1. The first-order chi connectivity index (χ1) is 4.30. The number of nitro benzene ring substituents is 1. The molecule has 0 radical (unpaired) electrons. The van der Waals surface area contributed by atoms with E-state index in [1.54, 1.807) is 18.2 Å². The first kappa shape index (κ1) is 37.9. The molecular formula is C6H11F6NO2. The Kier molecular flexibility index (Phi) is 45.7. The van der Waals surface area contributed by atoms with Crippen molar-refractivity contribution in [2.75, 3.05) is 0 Å². The summed E-state index contributed by atoms with van der Waals surface area (Å²) < 4.78 is 0.